The molecular weight excluding hydrogens is 472 g/mol. The van der Waals surface area contributed by atoms with Crippen LogP contribution in [0.4, 0.5) is 4.79 Å². The van der Waals surface area contributed by atoms with Crippen molar-refractivity contribution in [3.05, 3.63) is 46.5 Å². The van der Waals surface area contributed by atoms with Gasteiger partial charge in [-0.1, -0.05) is 11.8 Å². The molecule has 3 rings (SSSR count). The van der Waals surface area contributed by atoms with E-state index in [-0.39, 0.29) is 12.5 Å². The quantitative estimate of drug-likeness (QED) is 0.434. The maximum atomic E-state index is 12.8. The van der Waals surface area contributed by atoms with Crippen molar-refractivity contribution in [1.29, 1.82) is 0 Å². The maximum Gasteiger partial charge on any atom is 0.408 e. The van der Waals surface area contributed by atoms with Gasteiger partial charge in [0, 0.05) is 29.1 Å². The lowest BCUT2D eigenvalue weighted by Gasteiger charge is -2.20. The van der Waals surface area contributed by atoms with E-state index in [2.05, 4.69) is 15.4 Å². The fourth-order valence-corrected chi connectivity index (χ4v) is 4.61. The normalized spacial score (nSPS) is 11.9. The summed E-state index contributed by atoms with van der Waals surface area (Å²) in [6, 6.07) is 5.61. The van der Waals surface area contributed by atoms with Crippen LogP contribution in [0.25, 0.3) is 11.1 Å². The predicted molar refractivity (Wildman–Crippen MR) is 133 cm³/mol. The monoisotopic (exact) mass is 502 g/mol. The zero-order valence-corrected chi connectivity index (χ0v) is 22.1. The van der Waals surface area contributed by atoms with E-state index in [1.54, 1.807) is 16.9 Å². The van der Waals surface area contributed by atoms with E-state index in [4.69, 9.17) is 9.47 Å². The fraction of sp³-hybridized carbons (Fsp3) is 0.417. The molecule has 1 amide bonds. The van der Waals surface area contributed by atoms with Crippen LogP contribution in [0.15, 0.2) is 45.9 Å². The van der Waals surface area contributed by atoms with Gasteiger partial charge in [0.15, 0.2) is 0 Å². The molecule has 8 nitrogen and oxygen atoms in total. The second-order valence-corrected chi connectivity index (χ2v) is 11.7. The average Bonchev–Trinajstić information content (AvgIpc) is 3.32. The number of esters is 1. The van der Waals surface area contributed by atoms with E-state index in [0.717, 1.165) is 26.1 Å². The van der Waals surface area contributed by atoms with E-state index in [0.29, 0.717) is 5.56 Å². The SMILES string of the molecule is Cn1cc(-c2cc(Sc3csc(CNC(=O)OC(C)(C)C)n3)cc(C(=O)OC(C)(C)C)c2)cn1. The number of aryl methyl sites for hydroxylation is 1. The summed E-state index contributed by atoms with van der Waals surface area (Å²) >= 11 is 2.88. The van der Waals surface area contributed by atoms with E-state index in [1.807, 2.05) is 72.3 Å². The topological polar surface area (TPSA) is 95.3 Å². The number of carbonyl (C=O) groups excluding carboxylic acids is 2. The Balaban J connectivity index is 1.79. The van der Waals surface area contributed by atoms with Crippen molar-refractivity contribution in [1.82, 2.24) is 20.1 Å². The maximum absolute atomic E-state index is 12.8. The first-order chi connectivity index (χ1) is 15.8. The third-order valence-corrected chi connectivity index (χ3v) is 6.00. The zero-order chi connectivity index (χ0) is 25.1. The summed E-state index contributed by atoms with van der Waals surface area (Å²) in [5.74, 6) is -0.388. The molecule has 2 heterocycles. The third kappa shape index (κ3) is 7.88. The van der Waals surface area contributed by atoms with Crippen LogP contribution in [0, 0.1) is 0 Å². The summed E-state index contributed by atoms with van der Waals surface area (Å²) in [7, 11) is 1.85. The van der Waals surface area contributed by atoms with Gasteiger partial charge < -0.3 is 14.8 Å². The van der Waals surface area contributed by atoms with E-state index in [1.165, 1.54) is 23.1 Å². The van der Waals surface area contributed by atoms with Crippen LogP contribution in [0.1, 0.15) is 56.9 Å². The number of nitrogens with zero attached hydrogens (tertiary/aromatic N) is 3. The van der Waals surface area contributed by atoms with Gasteiger partial charge in [-0.25, -0.2) is 14.6 Å². The molecule has 10 heteroatoms. The Morgan fingerprint density at radius 2 is 1.76 bits per heavy atom. The van der Waals surface area contributed by atoms with Crippen LogP contribution in [-0.2, 0) is 23.1 Å². The Bertz CT molecular complexity index is 1170. The van der Waals surface area contributed by atoms with Crippen LogP contribution >= 0.6 is 23.1 Å². The van der Waals surface area contributed by atoms with Gasteiger partial charge >= 0.3 is 12.1 Å². The highest BCUT2D eigenvalue weighted by molar-refractivity contribution is 7.99. The highest BCUT2D eigenvalue weighted by Crippen LogP contribution is 2.33. The molecule has 3 aromatic rings. The number of hydrogen-bond donors (Lipinski definition) is 1. The van der Waals surface area contributed by atoms with E-state index < -0.39 is 17.3 Å². The van der Waals surface area contributed by atoms with Crippen molar-refractivity contribution in [2.75, 3.05) is 0 Å². The van der Waals surface area contributed by atoms with E-state index >= 15 is 0 Å². The number of hydrogen-bond acceptors (Lipinski definition) is 8. The Morgan fingerprint density at radius 1 is 1.06 bits per heavy atom. The Labute approximate surface area is 208 Å². The van der Waals surface area contributed by atoms with Crippen molar-refractivity contribution in [2.24, 2.45) is 7.05 Å². The van der Waals surface area contributed by atoms with Gasteiger partial charge in [-0.2, -0.15) is 5.10 Å². The molecule has 1 N–H and O–H groups in total. The van der Waals surface area contributed by atoms with Crippen LogP contribution in [0.5, 0.6) is 0 Å². The van der Waals surface area contributed by atoms with Gasteiger partial charge in [-0.15, -0.1) is 11.3 Å². The number of benzene rings is 1. The number of nitrogens with one attached hydrogen (secondary N) is 1. The molecule has 0 aliphatic rings. The molecule has 182 valence electrons. The van der Waals surface area contributed by atoms with Crippen LogP contribution < -0.4 is 5.32 Å². The molecule has 0 bridgehead atoms. The van der Waals surface area contributed by atoms with Crippen molar-refractivity contribution < 1.29 is 19.1 Å². The lowest BCUT2D eigenvalue weighted by Crippen LogP contribution is -2.32. The first-order valence-corrected chi connectivity index (χ1v) is 12.4. The largest absolute Gasteiger partial charge is 0.456 e. The van der Waals surface area contributed by atoms with Crippen LogP contribution in [0.2, 0.25) is 0 Å². The summed E-state index contributed by atoms with van der Waals surface area (Å²) < 4.78 is 12.6. The summed E-state index contributed by atoms with van der Waals surface area (Å²) in [5, 5.41) is 10.4. The molecule has 0 radical (unpaired) electrons. The molecule has 0 unspecified atom stereocenters. The summed E-state index contributed by atoms with van der Waals surface area (Å²) in [5.41, 5.74) is 1.07. The van der Waals surface area contributed by atoms with Crippen LogP contribution in [-0.4, -0.2) is 38.0 Å². The van der Waals surface area contributed by atoms with Gasteiger partial charge in [0.25, 0.3) is 0 Å². The number of carbonyl (C=O) groups is 2. The molecule has 0 saturated carbocycles. The second-order valence-electron chi connectivity index (χ2n) is 9.69. The van der Waals surface area contributed by atoms with Gasteiger partial charge in [0.2, 0.25) is 0 Å². The fourth-order valence-electron chi connectivity index (χ4n) is 2.85. The Hall–Kier alpha value is -2.85. The minimum absolute atomic E-state index is 0.277. The first-order valence-electron chi connectivity index (χ1n) is 10.7. The van der Waals surface area contributed by atoms with Crippen molar-refractivity contribution in [2.45, 2.75) is 69.2 Å². The van der Waals surface area contributed by atoms with Crippen molar-refractivity contribution in [3.8, 4) is 11.1 Å². The average molecular weight is 503 g/mol. The Kier molecular flexibility index (Phi) is 7.72. The lowest BCUT2D eigenvalue weighted by molar-refractivity contribution is 0.00689. The summed E-state index contributed by atoms with van der Waals surface area (Å²) in [6.07, 6.45) is 3.17. The number of ether oxygens (including phenoxy) is 2. The van der Waals surface area contributed by atoms with E-state index in [9.17, 15) is 9.59 Å². The predicted octanol–water partition coefficient (Wildman–Crippen LogP) is 5.67. The molecule has 0 aliphatic heterocycles. The number of rotatable bonds is 6. The Morgan fingerprint density at radius 3 is 2.38 bits per heavy atom. The van der Waals surface area contributed by atoms with Crippen molar-refractivity contribution >= 4 is 35.2 Å². The number of amides is 1. The second kappa shape index (κ2) is 10.2. The van der Waals surface area contributed by atoms with Gasteiger partial charge in [0.05, 0.1) is 18.3 Å². The third-order valence-electron chi connectivity index (χ3n) is 4.12. The molecule has 34 heavy (non-hydrogen) atoms. The van der Waals surface area contributed by atoms with Gasteiger partial charge in [0.1, 0.15) is 21.2 Å². The molecule has 0 spiro atoms. The number of aromatic nitrogens is 3. The number of alkyl carbamates (subject to hydrolysis) is 1. The zero-order valence-electron chi connectivity index (χ0n) is 20.5. The van der Waals surface area contributed by atoms with Crippen LogP contribution in [0.3, 0.4) is 0 Å². The summed E-state index contributed by atoms with van der Waals surface area (Å²) in [4.78, 5) is 30.1. The van der Waals surface area contributed by atoms with Crippen molar-refractivity contribution in [3.63, 3.8) is 0 Å². The minimum atomic E-state index is -0.598. The summed E-state index contributed by atoms with van der Waals surface area (Å²) in [6.45, 7) is 11.2. The molecule has 0 fully saturated rings. The molecule has 0 atom stereocenters. The molecule has 0 aliphatic carbocycles. The lowest BCUT2D eigenvalue weighted by atomic mass is 10.1. The molecule has 0 saturated heterocycles. The van der Waals surface area contributed by atoms with Gasteiger partial charge in [-0.05, 0) is 65.3 Å². The minimum Gasteiger partial charge on any atom is -0.456 e. The standard InChI is InChI=1S/C24H30N4O4S2/c1-23(2,3)31-21(29)16-8-15(17-11-26-28(7)13-17)9-18(10-16)34-20-14-33-19(27-20)12-25-22(30)32-24(4,5)6/h8-11,13-14H,12H2,1-7H3,(H,25,30). The number of thiazole rings is 1. The molecule has 2 aromatic heterocycles. The first kappa shape index (κ1) is 25.8. The smallest absolute Gasteiger partial charge is 0.408 e. The highest BCUT2D eigenvalue weighted by Gasteiger charge is 2.20. The molecule has 1 aromatic carbocycles. The van der Waals surface area contributed by atoms with Gasteiger partial charge in [-0.3, -0.25) is 4.68 Å². The molecular formula is C24H30N4O4S2. The highest BCUT2D eigenvalue weighted by atomic mass is 32.2.